The maximum Gasteiger partial charge on any atom is 0.344 e. The quantitative estimate of drug-likeness (QED) is 0.808. The Morgan fingerprint density at radius 2 is 2.11 bits per heavy atom. The first-order valence-corrected chi connectivity index (χ1v) is 6.79. The van der Waals surface area contributed by atoms with Crippen molar-refractivity contribution in [2.75, 3.05) is 0 Å². The van der Waals surface area contributed by atoms with Gasteiger partial charge >= 0.3 is 5.97 Å². The average molecular weight is 286 g/mol. The van der Waals surface area contributed by atoms with Crippen LogP contribution in [0.5, 0.6) is 5.75 Å². The molecular weight excluding hydrogens is 266 g/mol. The highest BCUT2D eigenvalue weighted by Crippen LogP contribution is 2.27. The van der Waals surface area contributed by atoms with E-state index in [1.165, 1.54) is 0 Å². The summed E-state index contributed by atoms with van der Waals surface area (Å²) < 4.78 is 5.38. The van der Waals surface area contributed by atoms with Crippen molar-refractivity contribution in [1.29, 1.82) is 0 Å². The molecule has 0 heterocycles. The van der Waals surface area contributed by atoms with Crippen molar-refractivity contribution >= 4 is 17.6 Å². The third-order valence-electron chi connectivity index (χ3n) is 2.93. The zero-order valence-corrected chi connectivity index (χ0v) is 12.0. The van der Waals surface area contributed by atoms with E-state index in [-0.39, 0.29) is 6.04 Å². The number of nitrogens with two attached hydrogens (primary N) is 1. The lowest BCUT2D eigenvalue weighted by atomic mass is 10.0. The molecule has 0 aliphatic rings. The number of rotatable bonds is 7. The van der Waals surface area contributed by atoms with E-state index in [0.29, 0.717) is 17.2 Å². The number of halogens is 1. The fourth-order valence-electron chi connectivity index (χ4n) is 1.68. The van der Waals surface area contributed by atoms with Crippen molar-refractivity contribution in [3.05, 3.63) is 28.8 Å². The second-order valence-electron chi connectivity index (χ2n) is 4.49. The van der Waals surface area contributed by atoms with Gasteiger partial charge in [-0.3, -0.25) is 0 Å². The van der Waals surface area contributed by atoms with E-state index >= 15 is 0 Å². The van der Waals surface area contributed by atoms with Crippen molar-refractivity contribution < 1.29 is 14.6 Å². The monoisotopic (exact) mass is 285 g/mol. The Labute approximate surface area is 118 Å². The zero-order chi connectivity index (χ0) is 14.4. The molecule has 2 unspecified atom stereocenters. The van der Waals surface area contributed by atoms with Crippen LogP contribution < -0.4 is 10.5 Å². The van der Waals surface area contributed by atoms with E-state index in [1.807, 2.05) is 13.0 Å². The summed E-state index contributed by atoms with van der Waals surface area (Å²) in [4.78, 5) is 10.9. The van der Waals surface area contributed by atoms with Gasteiger partial charge < -0.3 is 15.6 Å². The standard InChI is InChI=1S/C14H20ClNO3/c1-3-10(16)7-9-5-6-13(11(15)8-9)19-12(4-2)14(17)18/h5-6,8,10,12H,3-4,7,16H2,1-2H3,(H,17,18). The first kappa shape index (κ1) is 15.8. The van der Waals surface area contributed by atoms with Gasteiger partial charge in [-0.1, -0.05) is 31.5 Å². The van der Waals surface area contributed by atoms with E-state index in [9.17, 15) is 4.79 Å². The second-order valence-corrected chi connectivity index (χ2v) is 4.90. The van der Waals surface area contributed by atoms with Gasteiger partial charge in [-0.2, -0.15) is 0 Å². The lowest BCUT2D eigenvalue weighted by Crippen LogP contribution is -2.26. The van der Waals surface area contributed by atoms with Crippen LogP contribution in [0.1, 0.15) is 32.3 Å². The summed E-state index contributed by atoms with van der Waals surface area (Å²) in [6.07, 6.45) is 1.15. The molecule has 1 rings (SSSR count). The first-order chi connectivity index (χ1) is 8.97. The largest absolute Gasteiger partial charge is 0.479 e. The van der Waals surface area contributed by atoms with Crippen LogP contribution in [-0.4, -0.2) is 23.2 Å². The molecule has 1 aromatic carbocycles. The summed E-state index contributed by atoms with van der Waals surface area (Å²) in [6.45, 7) is 3.78. The molecule has 19 heavy (non-hydrogen) atoms. The van der Waals surface area contributed by atoms with Crippen LogP contribution in [0.2, 0.25) is 5.02 Å². The number of carbonyl (C=O) groups is 1. The van der Waals surface area contributed by atoms with E-state index in [2.05, 4.69) is 0 Å². The molecule has 106 valence electrons. The number of carboxylic acid groups (broad SMARTS) is 1. The molecule has 2 atom stereocenters. The fraction of sp³-hybridized carbons (Fsp3) is 0.500. The third-order valence-corrected chi connectivity index (χ3v) is 3.23. The van der Waals surface area contributed by atoms with Crippen molar-refractivity contribution in [3.63, 3.8) is 0 Å². The Kier molecular flexibility index (Phi) is 6.12. The fourth-order valence-corrected chi connectivity index (χ4v) is 1.92. The minimum atomic E-state index is -0.990. The van der Waals surface area contributed by atoms with Gasteiger partial charge in [0.2, 0.25) is 0 Å². The maximum atomic E-state index is 10.9. The van der Waals surface area contributed by atoms with Crippen molar-refractivity contribution in [2.24, 2.45) is 5.73 Å². The molecule has 5 heteroatoms. The second kappa shape index (κ2) is 7.36. The summed E-state index contributed by atoms with van der Waals surface area (Å²) in [7, 11) is 0. The Morgan fingerprint density at radius 3 is 2.58 bits per heavy atom. The van der Waals surface area contributed by atoms with E-state index in [0.717, 1.165) is 18.4 Å². The minimum absolute atomic E-state index is 0.102. The highest BCUT2D eigenvalue weighted by molar-refractivity contribution is 6.32. The van der Waals surface area contributed by atoms with Crippen LogP contribution in [0.4, 0.5) is 0 Å². The number of aliphatic carboxylic acids is 1. The lowest BCUT2D eigenvalue weighted by Gasteiger charge is -2.15. The van der Waals surface area contributed by atoms with Gasteiger partial charge in [0.15, 0.2) is 6.10 Å². The van der Waals surface area contributed by atoms with Gasteiger partial charge in [0, 0.05) is 6.04 Å². The smallest absolute Gasteiger partial charge is 0.344 e. The van der Waals surface area contributed by atoms with Crippen LogP contribution in [0.15, 0.2) is 18.2 Å². The van der Waals surface area contributed by atoms with Gasteiger partial charge in [0.05, 0.1) is 5.02 Å². The summed E-state index contributed by atoms with van der Waals surface area (Å²) in [5.41, 5.74) is 6.91. The SMILES string of the molecule is CCC(N)Cc1ccc(OC(CC)C(=O)O)c(Cl)c1. The average Bonchev–Trinajstić information content (AvgIpc) is 2.37. The highest BCUT2D eigenvalue weighted by atomic mass is 35.5. The maximum absolute atomic E-state index is 10.9. The lowest BCUT2D eigenvalue weighted by molar-refractivity contribution is -0.145. The normalized spacial score (nSPS) is 13.9. The predicted molar refractivity (Wildman–Crippen MR) is 75.8 cm³/mol. The molecular formula is C14H20ClNO3. The Hall–Kier alpha value is -1.26. The Morgan fingerprint density at radius 1 is 1.42 bits per heavy atom. The number of benzene rings is 1. The van der Waals surface area contributed by atoms with Crippen molar-refractivity contribution in [3.8, 4) is 5.75 Å². The Bertz CT molecular complexity index is 437. The minimum Gasteiger partial charge on any atom is -0.479 e. The topological polar surface area (TPSA) is 72.5 Å². The van der Waals surface area contributed by atoms with Crippen molar-refractivity contribution in [2.45, 2.75) is 45.3 Å². The van der Waals surface area contributed by atoms with E-state index < -0.39 is 12.1 Å². The zero-order valence-electron chi connectivity index (χ0n) is 11.2. The molecule has 0 bridgehead atoms. The molecule has 0 saturated heterocycles. The summed E-state index contributed by atoms with van der Waals surface area (Å²) >= 11 is 6.10. The molecule has 0 spiro atoms. The van der Waals surface area contributed by atoms with Crippen LogP contribution in [0, 0.1) is 0 Å². The Balaban J connectivity index is 2.79. The van der Waals surface area contributed by atoms with Gasteiger partial charge in [0.1, 0.15) is 5.75 Å². The number of ether oxygens (including phenoxy) is 1. The molecule has 0 saturated carbocycles. The summed E-state index contributed by atoms with van der Waals surface area (Å²) in [5, 5.41) is 9.36. The molecule has 4 nitrogen and oxygen atoms in total. The molecule has 0 aromatic heterocycles. The van der Waals surface area contributed by atoms with Gasteiger partial charge in [-0.05, 0) is 37.0 Å². The number of hydrogen-bond acceptors (Lipinski definition) is 3. The predicted octanol–water partition coefficient (Wildman–Crippen LogP) is 2.86. The van der Waals surface area contributed by atoms with Gasteiger partial charge in [0.25, 0.3) is 0 Å². The van der Waals surface area contributed by atoms with Crippen molar-refractivity contribution in [1.82, 2.24) is 0 Å². The first-order valence-electron chi connectivity index (χ1n) is 6.41. The number of carboxylic acids is 1. The molecule has 0 amide bonds. The van der Waals surface area contributed by atoms with Crippen LogP contribution in [0.25, 0.3) is 0 Å². The summed E-state index contributed by atoms with van der Waals surface area (Å²) in [5.74, 6) is -0.597. The van der Waals surface area contributed by atoms with E-state index in [1.54, 1.807) is 19.1 Å². The third kappa shape index (κ3) is 4.73. The van der Waals surface area contributed by atoms with Crippen LogP contribution in [0.3, 0.4) is 0 Å². The molecule has 0 aliphatic heterocycles. The highest BCUT2D eigenvalue weighted by Gasteiger charge is 2.18. The van der Waals surface area contributed by atoms with Crippen LogP contribution >= 0.6 is 11.6 Å². The van der Waals surface area contributed by atoms with Crippen LogP contribution in [-0.2, 0) is 11.2 Å². The molecule has 1 aromatic rings. The molecule has 0 aliphatic carbocycles. The molecule has 0 radical (unpaired) electrons. The number of hydrogen-bond donors (Lipinski definition) is 2. The molecule has 0 fully saturated rings. The van der Waals surface area contributed by atoms with Gasteiger partial charge in [-0.25, -0.2) is 4.79 Å². The summed E-state index contributed by atoms with van der Waals surface area (Å²) in [6, 6.07) is 5.45. The molecule has 3 N–H and O–H groups in total. The van der Waals surface area contributed by atoms with E-state index in [4.69, 9.17) is 27.2 Å². The van der Waals surface area contributed by atoms with Gasteiger partial charge in [-0.15, -0.1) is 0 Å².